The predicted octanol–water partition coefficient (Wildman–Crippen LogP) is 4.15. The van der Waals surface area contributed by atoms with E-state index in [2.05, 4.69) is 43.8 Å². The Morgan fingerprint density at radius 1 is 1.36 bits per heavy atom. The average molecular weight is 186 g/mol. The fraction of sp³-hybridized carbons (Fsp3) is 0.429. The molecule has 1 saturated carbocycles. The molecule has 0 bridgehead atoms. The van der Waals surface area contributed by atoms with Crippen LogP contribution in [0.2, 0.25) is 0 Å². The molecular formula is C14H18. The van der Waals surface area contributed by atoms with E-state index in [1.165, 1.54) is 30.4 Å². The van der Waals surface area contributed by atoms with Crippen LogP contribution >= 0.6 is 0 Å². The van der Waals surface area contributed by atoms with E-state index in [1.54, 1.807) is 0 Å². The van der Waals surface area contributed by atoms with Crippen molar-refractivity contribution in [3.05, 3.63) is 48.0 Å². The van der Waals surface area contributed by atoms with E-state index in [0.717, 1.165) is 5.92 Å². The van der Waals surface area contributed by atoms with Gasteiger partial charge in [-0.3, -0.25) is 0 Å². The van der Waals surface area contributed by atoms with Crippen LogP contribution in [0.25, 0.3) is 0 Å². The van der Waals surface area contributed by atoms with Crippen LogP contribution in [-0.4, -0.2) is 0 Å². The van der Waals surface area contributed by atoms with Gasteiger partial charge in [0.25, 0.3) is 0 Å². The van der Waals surface area contributed by atoms with Gasteiger partial charge in [0.15, 0.2) is 0 Å². The number of hydrogen-bond donors (Lipinski definition) is 0. The van der Waals surface area contributed by atoms with Gasteiger partial charge in [0, 0.05) is 5.92 Å². The van der Waals surface area contributed by atoms with Gasteiger partial charge in [-0.2, -0.15) is 0 Å². The standard InChI is InChI=1S/C14H18/c1-3-14(11(2)12-9-10-12)13-7-5-4-6-8-13/h4-8,12,14H,2-3,9-10H2,1H3. The largest absolute Gasteiger partial charge is 0.0990 e. The van der Waals surface area contributed by atoms with Crippen molar-refractivity contribution in [2.45, 2.75) is 32.1 Å². The van der Waals surface area contributed by atoms with Crippen molar-refractivity contribution in [1.29, 1.82) is 0 Å². The molecule has 1 aromatic rings. The quantitative estimate of drug-likeness (QED) is 0.620. The number of allylic oxidation sites excluding steroid dienone is 1. The molecule has 1 aliphatic rings. The van der Waals surface area contributed by atoms with Gasteiger partial charge in [-0.25, -0.2) is 0 Å². The van der Waals surface area contributed by atoms with E-state index in [-0.39, 0.29) is 0 Å². The Bertz CT molecular complexity index is 306. The van der Waals surface area contributed by atoms with E-state index in [0.29, 0.717) is 5.92 Å². The van der Waals surface area contributed by atoms with Crippen LogP contribution in [0.15, 0.2) is 42.5 Å². The van der Waals surface area contributed by atoms with Crippen LogP contribution in [0.5, 0.6) is 0 Å². The topological polar surface area (TPSA) is 0 Å². The third-order valence-electron chi connectivity index (χ3n) is 3.16. The molecule has 1 aromatic carbocycles. The zero-order valence-electron chi connectivity index (χ0n) is 8.87. The van der Waals surface area contributed by atoms with E-state index in [9.17, 15) is 0 Å². The summed E-state index contributed by atoms with van der Waals surface area (Å²) in [6.45, 7) is 6.52. The lowest BCUT2D eigenvalue weighted by molar-refractivity contribution is 0.711. The summed E-state index contributed by atoms with van der Waals surface area (Å²) in [7, 11) is 0. The molecule has 0 nitrogen and oxygen atoms in total. The second-order valence-corrected chi connectivity index (χ2v) is 4.22. The van der Waals surface area contributed by atoms with Gasteiger partial charge in [-0.15, -0.1) is 0 Å². The second kappa shape index (κ2) is 4.00. The molecule has 0 N–H and O–H groups in total. The summed E-state index contributed by atoms with van der Waals surface area (Å²) in [5, 5.41) is 0. The smallest absolute Gasteiger partial charge is 0.00456 e. The van der Waals surface area contributed by atoms with Gasteiger partial charge < -0.3 is 0 Å². The molecule has 74 valence electrons. The molecule has 2 rings (SSSR count). The summed E-state index contributed by atoms with van der Waals surface area (Å²) in [6, 6.07) is 10.8. The molecular weight excluding hydrogens is 168 g/mol. The summed E-state index contributed by atoms with van der Waals surface area (Å²) >= 11 is 0. The van der Waals surface area contributed by atoms with E-state index >= 15 is 0 Å². The molecule has 0 saturated heterocycles. The number of hydrogen-bond acceptors (Lipinski definition) is 0. The maximum absolute atomic E-state index is 4.26. The van der Waals surface area contributed by atoms with Crippen molar-refractivity contribution in [3.63, 3.8) is 0 Å². The van der Waals surface area contributed by atoms with Crippen molar-refractivity contribution in [1.82, 2.24) is 0 Å². The minimum absolute atomic E-state index is 0.587. The maximum Gasteiger partial charge on any atom is 0.00456 e. The van der Waals surface area contributed by atoms with E-state index in [1.807, 2.05) is 0 Å². The van der Waals surface area contributed by atoms with Crippen LogP contribution in [0.3, 0.4) is 0 Å². The molecule has 0 aromatic heterocycles. The first kappa shape index (κ1) is 9.51. The lowest BCUT2D eigenvalue weighted by Crippen LogP contribution is -2.01. The third-order valence-corrected chi connectivity index (χ3v) is 3.16. The molecule has 14 heavy (non-hydrogen) atoms. The first-order chi connectivity index (χ1) is 6.83. The summed E-state index contributed by atoms with van der Waals surface area (Å²) in [4.78, 5) is 0. The van der Waals surface area contributed by atoms with Crippen LogP contribution in [-0.2, 0) is 0 Å². The molecule has 0 spiro atoms. The molecule has 1 aliphatic carbocycles. The van der Waals surface area contributed by atoms with Gasteiger partial charge in [0.05, 0.1) is 0 Å². The molecule has 0 radical (unpaired) electrons. The average Bonchev–Trinajstić information content (AvgIpc) is 3.03. The molecule has 0 aliphatic heterocycles. The molecule has 1 fully saturated rings. The van der Waals surface area contributed by atoms with Crippen LogP contribution in [0, 0.1) is 5.92 Å². The van der Waals surface area contributed by atoms with Gasteiger partial charge in [-0.1, -0.05) is 49.4 Å². The first-order valence-electron chi connectivity index (χ1n) is 5.56. The second-order valence-electron chi connectivity index (χ2n) is 4.22. The Balaban J connectivity index is 2.16. The summed E-state index contributed by atoms with van der Waals surface area (Å²) < 4.78 is 0. The minimum atomic E-state index is 0.587. The van der Waals surface area contributed by atoms with Gasteiger partial charge in [0.2, 0.25) is 0 Å². The van der Waals surface area contributed by atoms with Crippen molar-refractivity contribution >= 4 is 0 Å². The number of benzene rings is 1. The van der Waals surface area contributed by atoms with Crippen molar-refractivity contribution in [2.75, 3.05) is 0 Å². The minimum Gasteiger partial charge on any atom is -0.0990 e. The molecule has 1 unspecified atom stereocenters. The highest BCUT2D eigenvalue weighted by Crippen LogP contribution is 2.43. The highest BCUT2D eigenvalue weighted by Gasteiger charge is 2.29. The Hall–Kier alpha value is -1.04. The van der Waals surface area contributed by atoms with Crippen molar-refractivity contribution < 1.29 is 0 Å². The van der Waals surface area contributed by atoms with Gasteiger partial charge in [-0.05, 0) is 30.7 Å². The number of rotatable bonds is 4. The molecule has 0 heterocycles. The van der Waals surface area contributed by atoms with Crippen molar-refractivity contribution in [3.8, 4) is 0 Å². The Kier molecular flexibility index (Phi) is 2.72. The van der Waals surface area contributed by atoms with Crippen LogP contribution in [0.4, 0.5) is 0 Å². The van der Waals surface area contributed by atoms with Crippen molar-refractivity contribution in [2.24, 2.45) is 5.92 Å². The lowest BCUT2D eigenvalue weighted by atomic mass is 9.87. The molecule has 1 atom stereocenters. The highest BCUT2D eigenvalue weighted by atomic mass is 14.3. The Morgan fingerprint density at radius 2 is 2.00 bits per heavy atom. The Morgan fingerprint density at radius 3 is 2.50 bits per heavy atom. The highest BCUT2D eigenvalue weighted by molar-refractivity contribution is 5.30. The van der Waals surface area contributed by atoms with Crippen LogP contribution < -0.4 is 0 Å². The van der Waals surface area contributed by atoms with E-state index < -0.39 is 0 Å². The zero-order chi connectivity index (χ0) is 9.97. The molecule has 0 heteroatoms. The normalized spacial score (nSPS) is 17.8. The maximum atomic E-state index is 4.26. The van der Waals surface area contributed by atoms with Gasteiger partial charge >= 0.3 is 0 Å². The SMILES string of the molecule is C=C(C1CC1)C(CC)c1ccccc1. The lowest BCUT2D eigenvalue weighted by Gasteiger charge is -2.17. The first-order valence-corrected chi connectivity index (χ1v) is 5.56. The fourth-order valence-electron chi connectivity index (χ4n) is 2.14. The molecule has 0 amide bonds. The summed E-state index contributed by atoms with van der Waals surface area (Å²) in [6.07, 6.45) is 3.91. The Labute approximate surface area is 86.7 Å². The fourth-order valence-corrected chi connectivity index (χ4v) is 2.14. The monoisotopic (exact) mass is 186 g/mol. The summed E-state index contributed by atoms with van der Waals surface area (Å²) in [5.74, 6) is 1.41. The summed E-state index contributed by atoms with van der Waals surface area (Å²) in [5.41, 5.74) is 2.89. The van der Waals surface area contributed by atoms with Gasteiger partial charge in [0.1, 0.15) is 0 Å². The third kappa shape index (κ3) is 1.89. The van der Waals surface area contributed by atoms with E-state index in [4.69, 9.17) is 0 Å². The zero-order valence-corrected chi connectivity index (χ0v) is 8.87. The van der Waals surface area contributed by atoms with Crippen LogP contribution in [0.1, 0.15) is 37.7 Å². The predicted molar refractivity (Wildman–Crippen MR) is 61.3 cm³/mol.